The maximum Gasteiger partial charge on any atom is 0.191 e. The Kier molecular flexibility index (Phi) is 8.34. The normalized spacial score (nSPS) is 16.6. The first-order chi connectivity index (χ1) is 12.2. The Labute approximate surface area is 177 Å². The largest absolute Gasteiger partial charge is 0.356 e. The summed E-state index contributed by atoms with van der Waals surface area (Å²) in [4.78, 5) is 10.3. The lowest BCUT2D eigenvalue weighted by Gasteiger charge is -2.26. The van der Waals surface area contributed by atoms with Crippen LogP contribution in [0.1, 0.15) is 45.5 Å². The summed E-state index contributed by atoms with van der Waals surface area (Å²) >= 11 is 1.79. The monoisotopic (exact) mass is 484 g/mol. The number of aliphatic imine (C=N–C) groups is 1. The van der Waals surface area contributed by atoms with Gasteiger partial charge in [-0.05, 0) is 44.2 Å². The number of hydrogen-bond donors (Lipinski definition) is 2. The van der Waals surface area contributed by atoms with Crippen molar-refractivity contribution >= 4 is 41.3 Å². The predicted octanol–water partition coefficient (Wildman–Crippen LogP) is 4.21. The highest BCUT2D eigenvalue weighted by Gasteiger charge is 2.19. The fourth-order valence-electron chi connectivity index (χ4n) is 3.44. The molecule has 1 aliphatic rings. The van der Waals surface area contributed by atoms with Crippen molar-refractivity contribution in [3.63, 3.8) is 0 Å². The molecule has 0 saturated heterocycles. The van der Waals surface area contributed by atoms with Crippen LogP contribution in [0.4, 0.5) is 0 Å². The van der Waals surface area contributed by atoms with Crippen molar-refractivity contribution in [2.24, 2.45) is 4.99 Å². The fraction of sp³-hybridized carbons (Fsp3) is 0.500. The molecule has 0 radical (unpaired) electrons. The molecule has 0 spiro atoms. The number of rotatable bonds is 5. The van der Waals surface area contributed by atoms with Gasteiger partial charge in [0.05, 0.1) is 10.7 Å². The zero-order chi connectivity index (χ0) is 17.6. The molecule has 26 heavy (non-hydrogen) atoms. The zero-order valence-corrected chi connectivity index (χ0v) is 19.0. The number of halogens is 1. The third kappa shape index (κ3) is 5.42. The molecule has 1 heterocycles. The molecule has 0 saturated carbocycles. The Morgan fingerprint density at radius 1 is 1.27 bits per heavy atom. The topological polar surface area (TPSA) is 49.3 Å². The third-order valence-electron chi connectivity index (χ3n) is 4.94. The van der Waals surface area contributed by atoms with Crippen LogP contribution in [-0.2, 0) is 12.8 Å². The standard InChI is InChI=1S/C20H28N4S.HI/c1-14-15(2)25-19(24-14)11-12-22-20(21-3)23-13-17-9-6-8-16-7-4-5-10-18(16)17;/h4-5,7,10,17H,6,8-9,11-13H2,1-3H3,(H2,21,22,23);1H. The number of aromatic nitrogens is 1. The van der Waals surface area contributed by atoms with E-state index in [2.05, 4.69) is 58.7 Å². The van der Waals surface area contributed by atoms with Gasteiger partial charge in [0.25, 0.3) is 0 Å². The first kappa shape index (κ1) is 21.2. The molecule has 6 heteroatoms. The molecule has 2 aromatic rings. The predicted molar refractivity (Wildman–Crippen MR) is 122 cm³/mol. The van der Waals surface area contributed by atoms with E-state index in [1.165, 1.54) is 40.3 Å². The Morgan fingerprint density at radius 3 is 2.81 bits per heavy atom. The van der Waals surface area contributed by atoms with Crippen LogP contribution in [0.15, 0.2) is 29.3 Å². The van der Waals surface area contributed by atoms with Crippen molar-refractivity contribution in [2.45, 2.75) is 45.4 Å². The van der Waals surface area contributed by atoms with Crippen molar-refractivity contribution in [1.29, 1.82) is 0 Å². The minimum atomic E-state index is 0. The van der Waals surface area contributed by atoms with Crippen LogP contribution in [0.3, 0.4) is 0 Å². The molecule has 1 aromatic carbocycles. The van der Waals surface area contributed by atoms with Crippen LogP contribution in [-0.4, -0.2) is 31.1 Å². The summed E-state index contributed by atoms with van der Waals surface area (Å²) in [6, 6.07) is 8.86. The highest BCUT2D eigenvalue weighted by Crippen LogP contribution is 2.30. The van der Waals surface area contributed by atoms with Crippen LogP contribution < -0.4 is 10.6 Å². The van der Waals surface area contributed by atoms with Gasteiger partial charge in [0.2, 0.25) is 0 Å². The molecule has 1 aliphatic carbocycles. The van der Waals surface area contributed by atoms with Crippen LogP contribution in [0.25, 0.3) is 0 Å². The molecule has 1 unspecified atom stereocenters. The minimum Gasteiger partial charge on any atom is -0.356 e. The van der Waals surface area contributed by atoms with Crippen LogP contribution in [0, 0.1) is 13.8 Å². The van der Waals surface area contributed by atoms with E-state index in [4.69, 9.17) is 0 Å². The summed E-state index contributed by atoms with van der Waals surface area (Å²) in [7, 11) is 1.84. The lowest BCUT2D eigenvalue weighted by Crippen LogP contribution is -2.40. The summed E-state index contributed by atoms with van der Waals surface area (Å²) in [5, 5.41) is 8.11. The number of aryl methyl sites for hydroxylation is 3. The van der Waals surface area contributed by atoms with Crippen molar-refractivity contribution in [3.05, 3.63) is 51.0 Å². The number of hydrogen-bond acceptors (Lipinski definition) is 3. The summed E-state index contributed by atoms with van der Waals surface area (Å²) in [5.74, 6) is 1.46. The Morgan fingerprint density at radius 2 is 2.08 bits per heavy atom. The smallest absolute Gasteiger partial charge is 0.191 e. The van der Waals surface area contributed by atoms with E-state index >= 15 is 0 Å². The Bertz CT molecular complexity index is 722. The fourth-order valence-corrected chi connectivity index (χ4v) is 4.37. The minimum absolute atomic E-state index is 0. The number of benzene rings is 1. The quantitative estimate of drug-likeness (QED) is 0.380. The van der Waals surface area contributed by atoms with Crippen LogP contribution in [0.5, 0.6) is 0 Å². The van der Waals surface area contributed by atoms with Gasteiger partial charge in [0.15, 0.2) is 5.96 Å². The van der Waals surface area contributed by atoms with E-state index < -0.39 is 0 Å². The van der Waals surface area contributed by atoms with Gasteiger partial charge >= 0.3 is 0 Å². The molecule has 3 rings (SSSR count). The second kappa shape index (κ2) is 10.3. The molecule has 0 bridgehead atoms. The Hall–Kier alpha value is -1.15. The van der Waals surface area contributed by atoms with Crippen LogP contribution in [0.2, 0.25) is 0 Å². The lowest BCUT2D eigenvalue weighted by molar-refractivity contribution is 0.540. The maximum absolute atomic E-state index is 4.60. The molecule has 0 aliphatic heterocycles. The zero-order valence-electron chi connectivity index (χ0n) is 15.8. The number of thiazole rings is 1. The summed E-state index contributed by atoms with van der Waals surface area (Å²) in [5.41, 5.74) is 4.17. The molecule has 142 valence electrons. The van der Waals surface area contributed by atoms with E-state index in [0.717, 1.165) is 31.2 Å². The van der Waals surface area contributed by atoms with Crippen molar-refractivity contribution in [1.82, 2.24) is 15.6 Å². The van der Waals surface area contributed by atoms with Gasteiger partial charge in [-0.2, -0.15) is 0 Å². The highest BCUT2D eigenvalue weighted by atomic mass is 127. The highest BCUT2D eigenvalue weighted by molar-refractivity contribution is 14.0. The molecule has 4 nitrogen and oxygen atoms in total. The van der Waals surface area contributed by atoms with Gasteiger partial charge < -0.3 is 10.6 Å². The summed E-state index contributed by atoms with van der Waals surface area (Å²) in [6.45, 7) is 6.00. The lowest BCUT2D eigenvalue weighted by atomic mass is 9.83. The van der Waals surface area contributed by atoms with E-state index in [1.807, 2.05) is 7.05 Å². The Balaban J connectivity index is 0.00000243. The average molecular weight is 484 g/mol. The number of nitrogens with zero attached hydrogens (tertiary/aromatic N) is 2. The molecular weight excluding hydrogens is 455 g/mol. The molecule has 0 fully saturated rings. The van der Waals surface area contributed by atoms with Gasteiger partial charge in [-0.1, -0.05) is 24.3 Å². The van der Waals surface area contributed by atoms with E-state index in [9.17, 15) is 0 Å². The van der Waals surface area contributed by atoms with Gasteiger partial charge in [0.1, 0.15) is 0 Å². The van der Waals surface area contributed by atoms with Crippen LogP contribution >= 0.6 is 35.3 Å². The second-order valence-corrected chi connectivity index (χ2v) is 7.95. The number of fused-ring (bicyclic) bond motifs is 1. The SMILES string of the molecule is CN=C(NCCc1nc(C)c(C)s1)NCC1CCCc2ccccc21.I. The van der Waals surface area contributed by atoms with Crippen molar-refractivity contribution in [2.75, 3.05) is 20.1 Å². The van der Waals surface area contributed by atoms with Gasteiger partial charge in [0, 0.05) is 37.4 Å². The number of guanidine groups is 1. The van der Waals surface area contributed by atoms with Gasteiger partial charge in [-0.3, -0.25) is 4.99 Å². The van der Waals surface area contributed by atoms with E-state index in [-0.39, 0.29) is 24.0 Å². The summed E-state index contributed by atoms with van der Waals surface area (Å²) < 4.78 is 0. The van der Waals surface area contributed by atoms with E-state index in [0.29, 0.717) is 5.92 Å². The first-order valence-corrected chi connectivity index (χ1v) is 9.94. The number of nitrogens with one attached hydrogen (secondary N) is 2. The van der Waals surface area contributed by atoms with Gasteiger partial charge in [-0.15, -0.1) is 35.3 Å². The molecule has 1 aromatic heterocycles. The second-order valence-electron chi connectivity index (χ2n) is 6.67. The van der Waals surface area contributed by atoms with E-state index in [1.54, 1.807) is 11.3 Å². The first-order valence-electron chi connectivity index (χ1n) is 9.12. The molecule has 0 amide bonds. The maximum atomic E-state index is 4.60. The van der Waals surface area contributed by atoms with Crippen molar-refractivity contribution in [3.8, 4) is 0 Å². The van der Waals surface area contributed by atoms with Crippen molar-refractivity contribution < 1.29 is 0 Å². The molecular formula is C20H29IN4S. The average Bonchev–Trinajstić information content (AvgIpc) is 2.95. The van der Waals surface area contributed by atoms with Gasteiger partial charge in [-0.25, -0.2) is 4.98 Å². The summed E-state index contributed by atoms with van der Waals surface area (Å²) in [6.07, 6.45) is 4.68. The molecule has 2 N–H and O–H groups in total. The molecule has 1 atom stereocenters. The third-order valence-corrected chi connectivity index (χ3v) is 6.07.